The van der Waals surface area contributed by atoms with Gasteiger partial charge in [-0.1, -0.05) is 18.2 Å². The number of aromatic nitrogens is 2. The van der Waals surface area contributed by atoms with E-state index < -0.39 is 0 Å². The van der Waals surface area contributed by atoms with Crippen LogP contribution in [-0.4, -0.2) is 21.1 Å². The summed E-state index contributed by atoms with van der Waals surface area (Å²) in [6.45, 7) is 1.94. The number of rotatable bonds is 6. The van der Waals surface area contributed by atoms with Crippen LogP contribution < -0.4 is 5.56 Å². The molecule has 1 aromatic carbocycles. The molecule has 0 saturated heterocycles. The van der Waals surface area contributed by atoms with Crippen LogP contribution in [-0.2, 0) is 16.1 Å². The summed E-state index contributed by atoms with van der Waals surface area (Å²) in [5.74, 6) is 0.352. The van der Waals surface area contributed by atoms with Crippen LogP contribution in [0, 0.1) is 6.92 Å². The summed E-state index contributed by atoms with van der Waals surface area (Å²) in [6, 6.07) is 15.0. The highest BCUT2D eigenvalue weighted by atomic mass is 32.2. The average molecular weight is 354 g/mol. The molecular weight excluding hydrogens is 336 g/mol. The Balaban J connectivity index is 1.55. The van der Waals surface area contributed by atoms with Gasteiger partial charge in [0.15, 0.2) is 0 Å². The van der Waals surface area contributed by atoms with Crippen molar-refractivity contribution in [2.75, 3.05) is 5.75 Å². The minimum absolute atomic E-state index is 0.00845. The number of nitrogens with zero attached hydrogens (tertiary/aromatic N) is 2. The van der Waals surface area contributed by atoms with E-state index in [1.807, 2.05) is 49.4 Å². The molecule has 0 saturated carbocycles. The van der Waals surface area contributed by atoms with E-state index in [-0.39, 0.29) is 18.1 Å². The fraction of sp³-hybridized carbons (Fsp3) is 0.211. The maximum Gasteiger partial charge on any atom is 0.307 e. The van der Waals surface area contributed by atoms with E-state index in [4.69, 9.17) is 4.74 Å². The molecule has 0 radical (unpaired) electrons. The number of carbonyl (C=O) groups is 1. The predicted molar refractivity (Wildman–Crippen MR) is 97.8 cm³/mol. The van der Waals surface area contributed by atoms with Gasteiger partial charge in [-0.15, -0.1) is 11.8 Å². The molecular formula is C19H18N2O3S. The molecule has 0 atom stereocenters. The fourth-order valence-electron chi connectivity index (χ4n) is 2.32. The van der Waals surface area contributed by atoms with Crippen molar-refractivity contribution >= 4 is 23.4 Å². The lowest BCUT2D eigenvalue weighted by Crippen LogP contribution is -2.16. The van der Waals surface area contributed by atoms with Crippen LogP contribution in [0.2, 0.25) is 0 Å². The van der Waals surface area contributed by atoms with Gasteiger partial charge in [0.1, 0.15) is 12.3 Å². The lowest BCUT2D eigenvalue weighted by atomic mass is 10.3. The number of carbonyl (C=O) groups excluding carboxylic acids is 1. The largest absolute Gasteiger partial charge is 0.459 e. The molecule has 0 unspecified atom stereocenters. The van der Waals surface area contributed by atoms with Crippen molar-refractivity contribution in [1.29, 1.82) is 0 Å². The highest BCUT2D eigenvalue weighted by molar-refractivity contribution is 7.99. The predicted octanol–water partition coefficient (Wildman–Crippen LogP) is 3.23. The lowest BCUT2D eigenvalue weighted by molar-refractivity contribution is -0.144. The fourth-order valence-corrected chi connectivity index (χ4v) is 3.18. The molecule has 0 aliphatic carbocycles. The molecule has 6 heteroatoms. The Morgan fingerprint density at radius 1 is 1.20 bits per heavy atom. The molecule has 3 aromatic rings. The van der Waals surface area contributed by atoms with Crippen molar-refractivity contribution in [3.63, 3.8) is 0 Å². The van der Waals surface area contributed by atoms with E-state index in [9.17, 15) is 9.59 Å². The summed E-state index contributed by atoms with van der Waals surface area (Å²) in [6.07, 6.45) is 2.00. The van der Waals surface area contributed by atoms with Crippen molar-refractivity contribution in [2.45, 2.75) is 24.8 Å². The zero-order valence-electron chi connectivity index (χ0n) is 13.8. The molecule has 5 nitrogen and oxygen atoms in total. The van der Waals surface area contributed by atoms with Crippen LogP contribution in [0.15, 0.2) is 64.4 Å². The van der Waals surface area contributed by atoms with E-state index in [0.717, 1.165) is 10.5 Å². The van der Waals surface area contributed by atoms with Gasteiger partial charge >= 0.3 is 5.97 Å². The summed E-state index contributed by atoms with van der Waals surface area (Å²) in [5.41, 5.74) is 1.84. The van der Waals surface area contributed by atoms with Gasteiger partial charge in [0, 0.05) is 22.9 Å². The monoisotopic (exact) mass is 354 g/mol. The minimum Gasteiger partial charge on any atom is -0.459 e. The lowest BCUT2D eigenvalue weighted by Gasteiger charge is -2.06. The van der Waals surface area contributed by atoms with Crippen molar-refractivity contribution in [2.24, 2.45) is 0 Å². The van der Waals surface area contributed by atoms with Crippen LogP contribution in [0.3, 0.4) is 0 Å². The number of ether oxygens (including phenoxy) is 1. The van der Waals surface area contributed by atoms with Gasteiger partial charge in [-0.3, -0.25) is 14.0 Å². The molecule has 0 bridgehead atoms. The standard InChI is InChI=1S/C19H18N2O3S/c1-14-7-9-21-17(11-14)20-15(12-18(21)22)13-24-19(23)8-10-25-16-5-3-2-4-6-16/h2-7,9,11-12H,8,10,13H2,1H3. The number of benzene rings is 1. The number of fused-ring (bicyclic) bond motifs is 1. The highest BCUT2D eigenvalue weighted by Gasteiger charge is 2.07. The zero-order valence-corrected chi connectivity index (χ0v) is 14.7. The van der Waals surface area contributed by atoms with Crippen LogP contribution >= 0.6 is 11.8 Å². The van der Waals surface area contributed by atoms with Gasteiger partial charge in [-0.2, -0.15) is 0 Å². The third-order valence-electron chi connectivity index (χ3n) is 3.57. The summed E-state index contributed by atoms with van der Waals surface area (Å²) in [4.78, 5) is 29.4. The highest BCUT2D eigenvalue weighted by Crippen LogP contribution is 2.18. The van der Waals surface area contributed by atoms with Gasteiger partial charge in [0.25, 0.3) is 5.56 Å². The second-order valence-electron chi connectivity index (χ2n) is 5.59. The SMILES string of the molecule is Cc1ccn2c(=O)cc(COC(=O)CCSc3ccccc3)nc2c1. The summed E-state index contributed by atoms with van der Waals surface area (Å²) < 4.78 is 6.70. The number of aryl methyl sites for hydroxylation is 1. The van der Waals surface area contributed by atoms with Crippen molar-refractivity contribution in [1.82, 2.24) is 9.38 Å². The number of esters is 1. The normalized spacial score (nSPS) is 10.8. The maximum atomic E-state index is 12.1. The van der Waals surface area contributed by atoms with E-state index >= 15 is 0 Å². The molecule has 0 amide bonds. The third-order valence-corrected chi connectivity index (χ3v) is 4.59. The third kappa shape index (κ3) is 4.70. The van der Waals surface area contributed by atoms with Crippen molar-refractivity contribution < 1.29 is 9.53 Å². The first kappa shape index (κ1) is 17.2. The molecule has 128 valence electrons. The summed E-state index contributed by atoms with van der Waals surface area (Å²) in [7, 11) is 0. The van der Waals surface area contributed by atoms with E-state index in [1.54, 1.807) is 18.0 Å². The maximum absolute atomic E-state index is 12.1. The molecule has 0 fully saturated rings. The molecule has 3 rings (SSSR count). The van der Waals surface area contributed by atoms with Gasteiger partial charge in [0.05, 0.1) is 12.1 Å². The summed E-state index contributed by atoms with van der Waals surface area (Å²) >= 11 is 1.61. The second kappa shape index (κ2) is 7.98. The number of hydrogen-bond donors (Lipinski definition) is 0. The zero-order chi connectivity index (χ0) is 17.6. The van der Waals surface area contributed by atoms with Crippen LogP contribution in [0.1, 0.15) is 17.7 Å². The van der Waals surface area contributed by atoms with Crippen LogP contribution in [0.5, 0.6) is 0 Å². The Hall–Kier alpha value is -2.60. The smallest absolute Gasteiger partial charge is 0.307 e. The van der Waals surface area contributed by atoms with E-state index in [1.165, 1.54) is 10.5 Å². The topological polar surface area (TPSA) is 60.7 Å². The molecule has 0 N–H and O–H groups in total. The van der Waals surface area contributed by atoms with Crippen molar-refractivity contribution in [3.05, 3.63) is 76.3 Å². The molecule has 2 aromatic heterocycles. The quantitative estimate of drug-likeness (QED) is 0.502. The first-order valence-corrected chi connectivity index (χ1v) is 8.93. The number of hydrogen-bond acceptors (Lipinski definition) is 5. The van der Waals surface area contributed by atoms with Crippen LogP contribution in [0.25, 0.3) is 5.65 Å². The number of pyridine rings is 1. The van der Waals surface area contributed by atoms with Crippen LogP contribution in [0.4, 0.5) is 0 Å². The average Bonchev–Trinajstić information content (AvgIpc) is 2.60. The Morgan fingerprint density at radius 2 is 2.00 bits per heavy atom. The van der Waals surface area contributed by atoms with Gasteiger partial charge in [0.2, 0.25) is 0 Å². The second-order valence-corrected chi connectivity index (χ2v) is 6.76. The molecule has 0 spiro atoms. The number of thioether (sulfide) groups is 1. The van der Waals surface area contributed by atoms with Crippen molar-refractivity contribution in [3.8, 4) is 0 Å². The van der Waals surface area contributed by atoms with Gasteiger partial charge < -0.3 is 4.74 Å². The van der Waals surface area contributed by atoms with Gasteiger partial charge in [-0.05, 0) is 36.8 Å². The van der Waals surface area contributed by atoms with Gasteiger partial charge in [-0.25, -0.2) is 4.98 Å². The molecule has 0 aliphatic rings. The molecule has 25 heavy (non-hydrogen) atoms. The first-order valence-electron chi connectivity index (χ1n) is 7.94. The van der Waals surface area contributed by atoms with E-state index in [0.29, 0.717) is 23.5 Å². The molecule has 2 heterocycles. The summed E-state index contributed by atoms with van der Waals surface area (Å²) in [5, 5.41) is 0. The Bertz CT molecular complexity index is 938. The Morgan fingerprint density at radius 3 is 2.80 bits per heavy atom. The Kier molecular flexibility index (Phi) is 5.50. The first-order chi connectivity index (χ1) is 12.1. The van der Waals surface area contributed by atoms with E-state index in [2.05, 4.69) is 4.98 Å². The Labute approximate surface area is 149 Å². The minimum atomic E-state index is -0.297. The molecule has 0 aliphatic heterocycles.